The zero-order chi connectivity index (χ0) is 29.5. The van der Waals surface area contributed by atoms with E-state index in [1.807, 2.05) is 53.9 Å². The highest BCUT2D eigenvalue weighted by Crippen LogP contribution is 2.28. The summed E-state index contributed by atoms with van der Waals surface area (Å²) in [5.41, 5.74) is 3.52. The summed E-state index contributed by atoms with van der Waals surface area (Å²) in [5, 5.41) is 7.71. The monoisotopic (exact) mass is 583 g/mol. The molecule has 1 aliphatic heterocycles. The zero-order valence-electron chi connectivity index (χ0n) is 23.6. The molecular weight excluding hydrogens is 550 g/mol. The van der Waals surface area contributed by atoms with E-state index < -0.39 is 0 Å². The van der Waals surface area contributed by atoms with Crippen LogP contribution in [0, 0.1) is 0 Å². The van der Waals surface area contributed by atoms with Crippen LogP contribution in [0.5, 0.6) is 5.75 Å². The Balaban J connectivity index is 1.31. The molecule has 0 spiro atoms. The summed E-state index contributed by atoms with van der Waals surface area (Å²) in [4.78, 5) is 45.6. The first-order chi connectivity index (χ1) is 20.4. The van der Waals surface area contributed by atoms with E-state index in [1.165, 1.54) is 11.3 Å². The highest BCUT2D eigenvalue weighted by atomic mass is 32.1. The van der Waals surface area contributed by atoms with Crippen molar-refractivity contribution in [2.75, 3.05) is 55.9 Å². The second-order valence-corrected chi connectivity index (χ2v) is 10.9. The molecule has 0 aliphatic carbocycles. The number of carbonyl (C=O) groups is 3. The number of nitrogens with one attached hydrogen (secondary N) is 2. The van der Waals surface area contributed by atoms with E-state index >= 15 is 0 Å². The molecule has 0 saturated carbocycles. The number of ether oxygens (including phenoxy) is 1. The summed E-state index contributed by atoms with van der Waals surface area (Å²) in [7, 11) is 3.37. The Morgan fingerprint density at radius 3 is 2.24 bits per heavy atom. The molecule has 1 fully saturated rings. The minimum atomic E-state index is -0.217. The second-order valence-electron chi connectivity index (χ2n) is 9.94. The summed E-state index contributed by atoms with van der Waals surface area (Å²) >= 11 is 1.36. The second kappa shape index (κ2) is 13.2. The van der Waals surface area contributed by atoms with Crippen LogP contribution in [0.3, 0.4) is 0 Å². The van der Waals surface area contributed by atoms with Gasteiger partial charge in [-0.1, -0.05) is 36.4 Å². The SMILES string of the molecule is COc1ccc(NC(=O)N2CCN(c3ccc(NC(=O)c4cccs4)cc3C(=O)N(C)Cc3ccccc3)CC2)cc1. The van der Waals surface area contributed by atoms with E-state index in [0.29, 0.717) is 54.5 Å². The number of carbonyl (C=O) groups excluding carboxylic acids is 3. The maximum absolute atomic E-state index is 13.8. The lowest BCUT2D eigenvalue weighted by atomic mass is 10.1. The van der Waals surface area contributed by atoms with Crippen molar-refractivity contribution >= 4 is 46.2 Å². The van der Waals surface area contributed by atoms with Gasteiger partial charge in [0, 0.05) is 56.8 Å². The Morgan fingerprint density at radius 2 is 1.57 bits per heavy atom. The van der Waals surface area contributed by atoms with Gasteiger partial charge in [0.25, 0.3) is 11.8 Å². The van der Waals surface area contributed by atoms with Gasteiger partial charge in [0.2, 0.25) is 0 Å². The van der Waals surface area contributed by atoms with Crippen molar-refractivity contribution in [1.29, 1.82) is 0 Å². The Morgan fingerprint density at radius 1 is 0.857 bits per heavy atom. The van der Waals surface area contributed by atoms with Gasteiger partial charge in [-0.2, -0.15) is 0 Å². The largest absolute Gasteiger partial charge is 0.497 e. The van der Waals surface area contributed by atoms with Gasteiger partial charge in [-0.05, 0) is 59.5 Å². The zero-order valence-corrected chi connectivity index (χ0v) is 24.4. The first kappa shape index (κ1) is 28.7. The minimum Gasteiger partial charge on any atom is -0.497 e. The maximum Gasteiger partial charge on any atom is 0.321 e. The number of hydrogen-bond acceptors (Lipinski definition) is 6. The lowest BCUT2D eigenvalue weighted by Gasteiger charge is -2.37. The topological polar surface area (TPSA) is 94.2 Å². The number of methoxy groups -OCH3 is 1. The minimum absolute atomic E-state index is 0.152. The Hall–Kier alpha value is -4.83. The molecule has 9 nitrogen and oxygen atoms in total. The van der Waals surface area contributed by atoms with Crippen LogP contribution in [-0.2, 0) is 6.54 Å². The molecule has 0 unspecified atom stereocenters. The Kier molecular flexibility index (Phi) is 9.03. The number of amides is 4. The molecular formula is C32H33N5O4S. The molecule has 0 atom stereocenters. The lowest BCUT2D eigenvalue weighted by Crippen LogP contribution is -2.50. The third-order valence-corrected chi connectivity index (χ3v) is 7.96. The van der Waals surface area contributed by atoms with Crippen LogP contribution >= 0.6 is 11.3 Å². The third kappa shape index (κ3) is 6.90. The number of piperazine rings is 1. The Labute approximate surface area is 249 Å². The first-order valence-corrected chi connectivity index (χ1v) is 14.5. The van der Waals surface area contributed by atoms with Crippen LogP contribution in [0.1, 0.15) is 25.6 Å². The van der Waals surface area contributed by atoms with Crippen molar-refractivity contribution in [2.45, 2.75) is 6.54 Å². The van der Waals surface area contributed by atoms with Gasteiger partial charge >= 0.3 is 6.03 Å². The molecule has 3 aromatic carbocycles. The number of thiophene rings is 1. The number of urea groups is 1. The molecule has 2 N–H and O–H groups in total. The summed E-state index contributed by atoms with van der Waals surface area (Å²) < 4.78 is 5.18. The van der Waals surface area contributed by atoms with Gasteiger partial charge in [0.1, 0.15) is 5.75 Å². The number of nitrogens with zero attached hydrogens (tertiary/aromatic N) is 3. The van der Waals surface area contributed by atoms with Crippen LogP contribution in [0.15, 0.2) is 90.3 Å². The molecule has 216 valence electrons. The van der Waals surface area contributed by atoms with E-state index in [2.05, 4.69) is 15.5 Å². The molecule has 10 heteroatoms. The van der Waals surface area contributed by atoms with Crippen molar-refractivity contribution in [2.24, 2.45) is 0 Å². The standard InChI is InChI=1S/C32H33N5O4S/c1-35(22-23-7-4-3-5-8-23)31(39)27-21-25(33-30(38)29-9-6-20-42-29)12-15-28(27)36-16-18-37(19-17-36)32(40)34-24-10-13-26(41-2)14-11-24/h3-15,20-21H,16-19,22H2,1-2H3,(H,33,38)(H,34,40). The molecule has 4 amide bonds. The molecule has 0 radical (unpaired) electrons. The van der Waals surface area contributed by atoms with E-state index in [0.717, 1.165) is 17.0 Å². The number of benzene rings is 3. The van der Waals surface area contributed by atoms with Crippen LogP contribution in [-0.4, -0.2) is 68.0 Å². The van der Waals surface area contributed by atoms with Crippen LogP contribution in [0.2, 0.25) is 0 Å². The predicted molar refractivity (Wildman–Crippen MR) is 167 cm³/mol. The van der Waals surface area contributed by atoms with Crippen molar-refractivity contribution in [1.82, 2.24) is 9.80 Å². The quantitative estimate of drug-likeness (QED) is 0.280. The first-order valence-electron chi connectivity index (χ1n) is 13.6. The molecule has 0 bridgehead atoms. The van der Waals surface area contributed by atoms with Crippen molar-refractivity contribution in [3.05, 3.63) is 106 Å². The molecule has 1 aliphatic rings. The van der Waals surface area contributed by atoms with Gasteiger partial charge in [-0.3, -0.25) is 9.59 Å². The van der Waals surface area contributed by atoms with Gasteiger partial charge in [0.05, 0.1) is 17.6 Å². The van der Waals surface area contributed by atoms with Gasteiger partial charge in [0.15, 0.2) is 0 Å². The average Bonchev–Trinajstić information content (AvgIpc) is 3.57. The van der Waals surface area contributed by atoms with E-state index in [1.54, 1.807) is 60.4 Å². The fourth-order valence-electron chi connectivity index (χ4n) is 4.82. The van der Waals surface area contributed by atoms with E-state index in [4.69, 9.17) is 4.74 Å². The highest BCUT2D eigenvalue weighted by molar-refractivity contribution is 7.12. The molecule has 1 aromatic heterocycles. The molecule has 4 aromatic rings. The maximum atomic E-state index is 13.8. The van der Waals surface area contributed by atoms with Crippen molar-refractivity contribution in [3.63, 3.8) is 0 Å². The summed E-state index contributed by atoms with van der Waals surface area (Å²) in [6.45, 7) is 2.54. The van der Waals surface area contributed by atoms with Crippen molar-refractivity contribution in [3.8, 4) is 5.75 Å². The van der Waals surface area contributed by atoms with Crippen molar-refractivity contribution < 1.29 is 19.1 Å². The number of hydrogen-bond donors (Lipinski definition) is 2. The normalized spacial score (nSPS) is 12.9. The van der Waals surface area contributed by atoms with Crippen LogP contribution in [0.25, 0.3) is 0 Å². The van der Waals surface area contributed by atoms with E-state index in [-0.39, 0.29) is 17.8 Å². The molecule has 5 rings (SSSR count). The fraction of sp³-hybridized carbons (Fsp3) is 0.219. The third-order valence-electron chi connectivity index (χ3n) is 7.09. The summed E-state index contributed by atoms with van der Waals surface area (Å²) in [5.74, 6) is 0.351. The number of rotatable bonds is 8. The molecule has 1 saturated heterocycles. The summed E-state index contributed by atoms with van der Waals surface area (Å²) in [6, 6.07) is 25.9. The van der Waals surface area contributed by atoms with Gasteiger partial charge in [-0.15, -0.1) is 11.3 Å². The number of anilines is 3. The lowest BCUT2D eigenvalue weighted by molar-refractivity contribution is 0.0785. The predicted octanol–water partition coefficient (Wildman–Crippen LogP) is 5.64. The average molecular weight is 584 g/mol. The van der Waals surface area contributed by atoms with E-state index in [9.17, 15) is 14.4 Å². The highest BCUT2D eigenvalue weighted by Gasteiger charge is 2.26. The fourth-order valence-corrected chi connectivity index (χ4v) is 5.44. The Bertz CT molecular complexity index is 1520. The molecule has 42 heavy (non-hydrogen) atoms. The van der Waals surface area contributed by atoms with Crippen LogP contribution < -0.4 is 20.3 Å². The van der Waals surface area contributed by atoms with Gasteiger partial charge < -0.3 is 30.1 Å². The van der Waals surface area contributed by atoms with Crippen LogP contribution in [0.4, 0.5) is 21.9 Å². The smallest absolute Gasteiger partial charge is 0.321 e. The molecule has 2 heterocycles. The summed E-state index contributed by atoms with van der Waals surface area (Å²) in [6.07, 6.45) is 0. The van der Waals surface area contributed by atoms with Gasteiger partial charge in [-0.25, -0.2) is 4.79 Å².